The Morgan fingerprint density at radius 1 is 0.469 bits per heavy atom. The van der Waals surface area contributed by atoms with Crippen molar-refractivity contribution in [2.75, 3.05) is 43.7 Å². The Bertz CT molecular complexity index is 664. The summed E-state index contributed by atoms with van der Waals surface area (Å²) in [5.74, 6) is 2.21. The standard InChI is InChI=1S/3C10H20O2S.C7H13O2.Sn/c3*1-9(2)6-4-3-5-7-12-10(11)8-13;1-3-5-6-9-7(8)4-2;/h3*9,13H,3-8H2,1-2H3;2-6H2,1H3;. The quantitative estimate of drug-likeness (QED) is 0.0260. The molecule has 3 radical (unpaired) electrons. The first-order valence-electron chi connectivity index (χ1n) is 18.4. The Morgan fingerprint density at radius 2 is 0.755 bits per heavy atom. The summed E-state index contributed by atoms with van der Waals surface area (Å²) in [6.45, 7) is 17.7. The fourth-order valence-electron chi connectivity index (χ4n) is 3.69. The molecule has 0 spiro atoms. The van der Waals surface area contributed by atoms with Crippen LogP contribution in [0.1, 0.15) is 145 Å². The maximum absolute atomic E-state index is 10.7. The van der Waals surface area contributed by atoms with Crippen LogP contribution in [0.15, 0.2) is 0 Å². The summed E-state index contributed by atoms with van der Waals surface area (Å²) >= 11 is 12.8. The molecule has 0 heterocycles. The van der Waals surface area contributed by atoms with Gasteiger partial charge in [-0.15, -0.1) is 0 Å². The van der Waals surface area contributed by atoms with Gasteiger partial charge in [0.1, 0.15) is 0 Å². The van der Waals surface area contributed by atoms with Crippen LogP contribution in [0.25, 0.3) is 0 Å². The molecular formula is C37H73O8S3Sn. The molecule has 0 aliphatic heterocycles. The van der Waals surface area contributed by atoms with Crippen LogP contribution in [-0.4, -0.2) is 90.1 Å². The normalized spacial score (nSPS) is 10.2. The van der Waals surface area contributed by atoms with Crippen LogP contribution in [-0.2, 0) is 38.1 Å². The molecule has 8 nitrogen and oxygen atoms in total. The van der Waals surface area contributed by atoms with Gasteiger partial charge in [-0.1, -0.05) is 99.3 Å². The molecule has 0 aliphatic rings. The Kier molecular flexibility index (Phi) is 51.8. The van der Waals surface area contributed by atoms with Gasteiger partial charge in [-0.2, -0.15) is 37.9 Å². The van der Waals surface area contributed by atoms with Crippen molar-refractivity contribution < 1.29 is 38.1 Å². The summed E-state index contributed by atoms with van der Waals surface area (Å²) in [4.78, 5) is 42.7. The van der Waals surface area contributed by atoms with Gasteiger partial charge < -0.3 is 14.2 Å². The van der Waals surface area contributed by atoms with E-state index in [1.54, 1.807) is 0 Å². The summed E-state index contributed by atoms with van der Waals surface area (Å²) in [5.41, 5.74) is 0. The van der Waals surface area contributed by atoms with Gasteiger partial charge in [-0.3, -0.25) is 14.4 Å². The van der Waals surface area contributed by atoms with Crippen LogP contribution in [0.4, 0.5) is 0 Å². The first-order chi connectivity index (χ1) is 23.3. The van der Waals surface area contributed by atoms with Crippen LogP contribution in [0, 0.1) is 17.8 Å². The molecule has 0 rings (SSSR count). The monoisotopic (exact) mass is 861 g/mol. The molecule has 291 valence electrons. The Hall–Kier alpha value is -0.271. The fourth-order valence-corrected chi connectivity index (χ4v) is 4.55. The van der Waals surface area contributed by atoms with E-state index in [0.717, 1.165) is 73.6 Å². The summed E-state index contributed by atoms with van der Waals surface area (Å²) in [5, 5.41) is 0. The summed E-state index contributed by atoms with van der Waals surface area (Å²) in [7, 11) is 0. The van der Waals surface area contributed by atoms with Gasteiger partial charge in [0.15, 0.2) is 0 Å². The molecule has 12 heteroatoms. The molecule has 0 unspecified atom stereocenters. The zero-order chi connectivity index (χ0) is 38.1. The number of hydrogen-bond acceptors (Lipinski definition) is 11. The summed E-state index contributed by atoms with van der Waals surface area (Å²) in [6.07, 6.45) is 16.6. The number of unbranched alkanes of at least 4 members (excludes halogenated alkanes) is 7. The third-order valence-corrected chi connectivity index (χ3v) is 8.03. The second-order valence-corrected chi connectivity index (χ2v) is 15.3. The van der Waals surface area contributed by atoms with Crippen molar-refractivity contribution in [2.24, 2.45) is 17.8 Å². The number of ether oxygens (including phenoxy) is 4. The second kappa shape index (κ2) is 45.7. The van der Waals surface area contributed by atoms with Gasteiger partial charge in [-0.25, -0.2) is 0 Å². The topological polar surface area (TPSA) is 105 Å². The minimum absolute atomic E-state index is 0.0368. The van der Waals surface area contributed by atoms with Crippen LogP contribution >= 0.6 is 37.9 Å². The van der Waals surface area contributed by atoms with Crippen molar-refractivity contribution in [3.05, 3.63) is 0 Å². The van der Waals surface area contributed by atoms with E-state index >= 15 is 0 Å². The average Bonchev–Trinajstić information content (AvgIpc) is 3.06. The number of esters is 4. The predicted molar refractivity (Wildman–Crippen MR) is 215 cm³/mol. The second-order valence-electron chi connectivity index (χ2n) is 12.9. The number of thiol groups is 3. The number of carbonyl (C=O) groups excluding carboxylic acids is 4. The van der Waals surface area contributed by atoms with Crippen molar-refractivity contribution in [3.8, 4) is 0 Å². The Balaban J connectivity index is -0.000000277. The maximum atomic E-state index is 10.7. The number of hydrogen-bond donors (Lipinski definition) is 3. The van der Waals surface area contributed by atoms with Gasteiger partial charge >= 0.3 is 93.2 Å². The molecule has 0 aliphatic carbocycles. The van der Waals surface area contributed by atoms with Crippen molar-refractivity contribution >= 4 is 84.3 Å². The molecule has 0 saturated carbocycles. The molecule has 0 aromatic heterocycles. The molecule has 0 N–H and O–H groups in total. The predicted octanol–water partition coefficient (Wildman–Crippen LogP) is 9.33. The van der Waals surface area contributed by atoms with Gasteiger partial charge in [0.2, 0.25) is 0 Å². The van der Waals surface area contributed by atoms with Crippen LogP contribution in [0.2, 0.25) is 4.44 Å². The first kappa shape index (κ1) is 55.5. The number of carbonyl (C=O) groups is 4. The van der Waals surface area contributed by atoms with Crippen molar-refractivity contribution in [2.45, 2.75) is 149 Å². The van der Waals surface area contributed by atoms with Gasteiger partial charge in [-0.05, 0) is 37.0 Å². The van der Waals surface area contributed by atoms with Gasteiger partial charge in [0.25, 0.3) is 0 Å². The Labute approximate surface area is 331 Å². The van der Waals surface area contributed by atoms with E-state index in [1.165, 1.54) is 61.0 Å². The van der Waals surface area contributed by atoms with E-state index in [-0.39, 0.29) is 41.1 Å². The van der Waals surface area contributed by atoms with E-state index < -0.39 is 0 Å². The fraction of sp³-hybridized carbons (Fsp3) is 0.892. The first-order valence-corrected chi connectivity index (χ1v) is 22.3. The third-order valence-electron chi connectivity index (χ3n) is 6.54. The molecule has 0 bridgehead atoms. The Morgan fingerprint density at radius 3 is 1.00 bits per heavy atom. The molecule has 0 aromatic rings. The third kappa shape index (κ3) is 60.2. The molecule has 0 saturated heterocycles. The van der Waals surface area contributed by atoms with E-state index in [2.05, 4.69) is 86.4 Å². The average molecular weight is 861 g/mol. The SMILES string of the molecule is CC(C)CCCCCOC(=O)CS.CC(C)CCCCCOC(=O)CS.CC(C)CCCCCOC(=O)CS.CCCCOC(=O)C[CH2][Sn]. The van der Waals surface area contributed by atoms with Gasteiger partial charge in [0.05, 0.1) is 37.1 Å². The summed E-state index contributed by atoms with van der Waals surface area (Å²) < 4.78 is 20.5. The van der Waals surface area contributed by atoms with Crippen LogP contribution < -0.4 is 0 Å². The molecule has 49 heavy (non-hydrogen) atoms. The van der Waals surface area contributed by atoms with E-state index in [1.807, 2.05) is 0 Å². The van der Waals surface area contributed by atoms with Crippen molar-refractivity contribution in [3.63, 3.8) is 0 Å². The zero-order valence-corrected chi connectivity index (χ0v) is 37.6. The van der Waals surface area contributed by atoms with E-state index in [4.69, 9.17) is 18.9 Å². The summed E-state index contributed by atoms with van der Waals surface area (Å²) in [6, 6.07) is 0. The van der Waals surface area contributed by atoms with Crippen LogP contribution in [0.3, 0.4) is 0 Å². The zero-order valence-electron chi connectivity index (χ0n) is 32.1. The molecule has 0 amide bonds. The van der Waals surface area contributed by atoms with Crippen molar-refractivity contribution in [1.82, 2.24) is 0 Å². The van der Waals surface area contributed by atoms with E-state index in [9.17, 15) is 19.2 Å². The van der Waals surface area contributed by atoms with Crippen LogP contribution in [0.5, 0.6) is 0 Å². The van der Waals surface area contributed by atoms with Gasteiger partial charge in [0, 0.05) is 0 Å². The van der Waals surface area contributed by atoms with E-state index in [0.29, 0.717) is 32.8 Å². The molecule has 0 fully saturated rings. The number of rotatable bonds is 26. The molecular weight excluding hydrogens is 787 g/mol. The minimum atomic E-state index is -0.216. The molecule has 0 aromatic carbocycles. The van der Waals surface area contributed by atoms with Crippen molar-refractivity contribution in [1.29, 1.82) is 0 Å². The molecule has 0 atom stereocenters.